The molecule has 2 saturated heterocycles. The van der Waals surface area contributed by atoms with Crippen molar-refractivity contribution in [3.05, 3.63) is 17.6 Å². The molecule has 2 aromatic heterocycles. The van der Waals surface area contributed by atoms with Crippen LogP contribution >= 0.6 is 0 Å². The third-order valence-electron chi connectivity index (χ3n) is 5.88. The number of aromatic nitrogens is 4. The molecule has 0 atom stereocenters. The standard InChI is InChI=1S/C18H28N6/c1-14-15(2)21-24-13-19-20-18(24)17(14)23-11-6-16(7-12-23)5-10-22-8-3-4-9-22/h13,16H,3-12H2,1-2H3. The zero-order chi connectivity index (χ0) is 16.5. The number of aryl methyl sites for hydroxylation is 1. The van der Waals surface area contributed by atoms with Gasteiger partial charge in [0.1, 0.15) is 6.33 Å². The molecule has 0 aromatic carbocycles. The monoisotopic (exact) mass is 328 g/mol. The van der Waals surface area contributed by atoms with Gasteiger partial charge < -0.3 is 9.80 Å². The molecular weight excluding hydrogens is 300 g/mol. The van der Waals surface area contributed by atoms with Crippen molar-refractivity contribution < 1.29 is 0 Å². The third-order valence-corrected chi connectivity index (χ3v) is 5.88. The molecule has 0 spiro atoms. The highest BCUT2D eigenvalue weighted by Gasteiger charge is 2.24. The molecule has 2 fully saturated rings. The first kappa shape index (κ1) is 15.8. The lowest BCUT2D eigenvalue weighted by Crippen LogP contribution is -2.36. The van der Waals surface area contributed by atoms with Gasteiger partial charge in [-0.3, -0.25) is 0 Å². The molecule has 2 aliphatic heterocycles. The van der Waals surface area contributed by atoms with E-state index in [2.05, 4.69) is 38.9 Å². The van der Waals surface area contributed by atoms with E-state index >= 15 is 0 Å². The Labute approximate surface area is 143 Å². The molecule has 0 saturated carbocycles. The van der Waals surface area contributed by atoms with Crippen LogP contribution in [0.2, 0.25) is 0 Å². The van der Waals surface area contributed by atoms with E-state index < -0.39 is 0 Å². The molecular formula is C18H28N6. The summed E-state index contributed by atoms with van der Waals surface area (Å²) in [4.78, 5) is 5.14. The van der Waals surface area contributed by atoms with Crippen molar-refractivity contribution in [3.63, 3.8) is 0 Å². The fraction of sp³-hybridized carbons (Fsp3) is 0.722. The predicted octanol–water partition coefficient (Wildman–Crippen LogP) is 2.44. The van der Waals surface area contributed by atoms with Crippen LogP contribution in [0.5, 0.6) is 0 Å². The fourth-order valence-corrected chi connectivity index (χ4v) is 4.23. The van der Waals surface area contributed by atoms with Crippen molar-refractivity contribution in [1.29, 1.82) is 0 Å². The van der Waals surface area contributed by atoms with Crippen molar-refractivity contribution in [2.75, 3.05) is 37.6 Å². The van der Waals surface area contributed by atoms with Crippen LogP contribution < -0.4 is 4.90 Å². The van der Waals surface area contributed by atoms with Crippen LogP contribution in [0.4, 0.5) is 5.69 Å². The second kappa shape index (κ2) is 6.67. The van der Waals surface area contributed by atoms with Crippen LogP contribution in [0.25, 0.3) is 5.65 Å². The summed E-state index contributed by atoms with van der Waals surface area (Å²) in [6, 6.07) is 0. The number of anilines is 1. The maximum atomic E-state index is 4.54. The molecule has 0 bridgehead atoms. The molecule has 0 radical (unpaired) electrons. The zero-order valence-electron chi connectivity index (χ0n) is 14.9. The molecule has 4 heterocycles. The van der Waals surface area contributed by atoms with Crippen LogP contribution in [-0.2, 0) is 0 Å². The summed E-state index contributed by atoms with van der Waals surface area (Å²) >= 11 is 0. The van der Waals surface area contributed by atoms with Crippen molar-refractivity contribution >= 4 is 11.3 Å². The summed E-state index contributed by atoms with van der Waals surface area (Å²) < 4.78 is 1.82. The Hall–Kier alpha value is -1.69. The van der Waals surface area contributed by atoms with Gasteiger partial charge in [-0.1, -0.05) is 0 Å². The van der Waals surface area contributed by atoms with E-state index in [0.717, 1.165) is 30.3 Å². The topological polar surface area (TPSA) is 49.6 Å². The fourth-order valence-electron chi connectivity index (χ4n) is 4.23. The maximum absolute atomic E-state index is 4.54. The second-order valence-electron chi connectivity index (χ2n) is 7.43. The molecule has 2 aliphatic rings. The van der Waals surface area contributed by atoms with Crippen LogP contribution in [0.1, 0.15) is 43.4 Å². The molecule has 0 unspecified atom stereocenters. The Bertz CT molecular complexity index is 695. The van der Waals surface area contributed by atoms with Crippen LogP contribution in [0.3, 0.4) is 0 Å². The Morgan fingerprint density at radius 3 is 2.58 bits per heavy atom. The first-order valence-corrected chi connectivity index (χ1v) is 9.37. The minimum atomic E-state index is 0.874. The van der Waals surface area contributed by atoms with E-state index in [1.807, 2.05) is 4.52 Å². The van der Waals surface area contributed by atoms with Gasteiger partial charge in [0.25, 0.3) is 0 Å². The van der Waals surface area contributed by atoms with E-state index in [1.54, 1.807) is 6.33 Å². The van der Waals surface area contributed by atoms with Gasteiger partial charge in [0.15, 0.2) is 0 Å². The molecule has 24 heavy (non-hydrogen) atoms. The predicted molar refractivity (Wildman–Crippen MR) is 95.5 cm³/mol. The van der Waals surface area contributed by atoms with E-state index in [9.17, 15) is 0 Å². The van der Waals surface area contributed by atoms with Gasteiger partial charge in [-0.25, -0.2) is 0 Å². The largest absolute Gasteiger partial charge is 0.368 e. The molecule has 0 aliphatic carbocycles. The van der Waals surface area contributed by atoms with E-state index in [0.29, 0.717) is 0 Å². The minimum Gasteiger partial charge on any atom is -0.368 e. The van der Waals surface area contributed by atoms with Gasteiger partial charge in [-0.15, -0.1) is 10.2 Å². The van der Waals surface area contributed by atoms with Gasteiger partial charge in [-0.05, 0) is 77.1 Å². The lowest BCUT2D eigenvalue weighted by atomic mass is 9.92. The molecule has 0 amide bonds. The number of hydrogen-bond acceptors (Lipinski definition) is 5. The summed E-state index contributed by atoms with van der Waals surface area (Å²) in [5, 5.41) is 12.9. The van der Waals surface area contributed by atoms with Crippen LogP contribution in [-0.4, -0.2) is 57.4 Å². The SMILES string of the molecule is Cc1nn2cnnc2c(N2CCC(CCN3CCCC3)CC2)c1C. The third kappa shape index (κ3) is 2.99. The summed E-state index contributed by atoms with van der Waals surface area (Å²) in [5.74, 6) is 0.874. The maximum Gasteiger partial charge on any atom is 0.201 e. The summed E-state index contributed by atoms with van der Waals surface area (Å²) in [5.41, 5.74) is 4.44. The van der Waals surface area contributed by atoms with Crippen molar-refractivity contribution in [2.24, 2.45) is 5.92 Å². The van der Waals surface area contributed by atoms with Gasteiger partial charge in [-0.2, -0.15) is 9.61 Å². The van der Waals surface area contributed by atoms with E-state index in [4.69, 9.17) is 0 Å². The van der Waals surface area contributed by atoms with Crippen LogP contribution in [0, 0.1) is 19.8 Å². The number of rotatable bonds is 4. The van der Waals surface area contributed by atoms with Gasteiger partial charge in [0.05, 0.1) is 11.4 Å². The van der Waals surface area contributed by atoms with Gasteiger partial charge in [0, 0.05) is 13.1 Å². The van der Waals surface area contributed by atoms with Crippen molar-refractivity contribution in [1.82, 2.24) is 24.7 Å². The molecule has 0 N–H and O–H groups in total. The molecule has 6 nitrogen and oxygen atoms in total. The number of piperidine rings is 1. The number of hydrogen-bond donors (Lipinski definition) is 0. The minimum absolute atomic E-state index is 0.874. The average molecular weight is 328 g/mol. The molecule has 6 heteroatoms. The summed E-state index contributed by atoms with van der Waals surface area (Å²) in [6.45, 7) is 10.4. The smallest absolute Gasteiger partial charge is 0.201 e. The van der Waals surface area contributed by atoms with E-state index in [1.165, 1.54) is 63.0 Å². The zero-order valence-corrected chi connectivity index (χ0v) is 14.9. The Balaban J connectivity index is 1.42. The lowest BCUT2D eigenvalue weighted by molar-refractivity contribution is 0.280. The van der Waals surface area contributed by atoms with E-state index in [-0.39, 0.29) is 0 Å². The van der Waals surface area contributed by atoms with Gasteiger partial charge >= 0.3 is 0 Å². The second-order valence-corrected chi connectivity index (χ2v) is 7.43. The lowest BCUT2D eigenvalue weighted by Gasteiger charge is -2.35. The number of nitrogens with zero attached hydrogens (tertiary/aromatic N) is 6. The Kier molecular flexibility index (Phi) is 4.39. The van der Waals surface area contributed by atoms with Gasteiger partial charge in [0.2, 0.25) is 5.65 Å². The summed E-state index contributed by atoms with van der Waals surface area (Å²) in [7, 11) is 0. The highest BCUT2D eigenvalue weighted by Crippen LogP contribution is 2.31. The van der Waals surface area contributed by atoms with Crippen molar-refractivity contribution in [3.8, 4) is 0 Å². The number of likely N-dealkylation sites (tertiary alicyclic amines) is 1. The molecule has 2 aromatic rings. The first-order chi connectivity index (χ1) is 11.7. The quantitative estimate of drug-likeness (QED) is 0.863. The van der Waals surface area contributed by atoms with Crippen molar-refractivity contribution in [2.45, 2.75) is 46.0 Å². The first-order valence-electron chi connectivity index (χ1n) is 9.37. The molecule has 4 rings (SSSR count). The Morgan fingerprint density at radius 1 is 1.08 bits per heavy atom. The highest BCUT2D eigenvalue weighted by atomic mass is 15.4. The number of fused-ring (bicyclic) bond motifs is 1. The molecule has 130 valence electrons. The average Bonchev–Trinajstić information content (AvgIpc) is 3.26. The van der Waals surface area contributed by atoms with Crippen LogP contribution in [0.15, 0.2) is 6.33 Å². The Morgan fingerprint density at radius 2 is 1.83 bits per heavy atom. The summed E-state index contributed by atoms with van der Waals surface area (Å²) in [6.07, 6.45) is 8.43. The highest BCUT2D eigenvalue weighted by molar-refractivity contribution is 5.72. The normalized spacial score (nSPS) is 20.3.